The highest BCUT2D eigenvalue weighted by Crippen LogP contribution is 2.15. The van der Waals surface area contributed by atoms with Crippen LogP contribution in [0.1, 0.15) is 18.4 Å². The van der Waals surface area contributed by atoms with Crippen molar-refractivity contribution in [3.8, 4) is 0 Å². The fourth-order valence-corrected chi connectivity index (χ4v) is 1.03. The minimum atomic E-state index is 0.254. The van der Waals surface area contributed by atoms with E-state index in [9.17, 15) is 4.91 Å². The Morgan fingerprint density at radius 2 is 2.00 bits per heavy atom. The quantitative estimate of drug-likeness (QED) is 0.626. The number of rotatable bonds is 3. The van der Waals surface area contributed by atoms with Crippen molar-refractivity contribution in [1.29, 1.82) is 0 Å². The predicted octanol–water partition coefficient (Wildman–Crippen LogP) is 3.07. The zero-order valence-electron chi connectivity index (χ0n) is 6.97. The van der Waals surface area contributed by atoms with Crippen LogP contribution in [-0.2, 0) is 0 Å². The molecule has 0 amide bonds. The van der Waals surface area contributed by atoms with Gasteiger partial charge in [0, 0.05) is 5.92 Å². The minimum absolute atomic E-state index is 0.254. The largest absolute Gasteiger partial charge is 0.145 e. The molecule has 0 aliphatic carbocycles. The molecule has 62 valence electrons. The number of hydrogen-bond donors (Lipinski definition) is 0. The first-order valence-electron chi connectivity index (χ1n) is 3.88. The normalized spacial score (nSPS) is 13.1. The maximum absolute atomic E-state index is 9.80. The van der Waals surface area contributed by atoms with Crippen molar-refractivity contribution in [3.63, 3.8) is 0 Å². The van der Waals surface area contributed by atoms with Gasteiger partial charge in [0.05, 0.1) is 6.20 Å². The fourth-order valence-electron chi connectivity index (χ4n) is 1.03. The second kappa shape index (κ2) is 4.44. The highest BCUT2D eigenvalue weighted by Gasteiger charge is 1.98. The van der Waals surface area contributed by atoms with Crippen molar-refractivity contribution in [1.82, 2.24) is 0 Å². The average Bonchev–Trinajstić information content (AvgIpc) is 2.15. The van der Waals surface area contributed by atoms with E-state index in [1.54, 1.807) is 6.08 Å². The Kier molecular flexibility index (Phi) is 3.20. The molecule has 0 saturated heterocycles. The molecule has 0 radical (unpaired) electrons. The van der Waals surface area contributed by atoms with Crippen molar-refractivity contribution in [2.24, 2.45) is 5.18 Å². The Balaban J connectivity index is 2.71. The van der Waals surface area contributed by atoms with Crippen LogP contribution in [-0.4, -0.2) is 0 Å². The number of allylic oxidation sites excluding steroid dienone is 1. The van der Waals surface area contributed by atoms with E-state index in [1.165, 1.54) is 11.8 Å². The van der Waals surface area contributed by atoms with Crippen molar-refractivity contribution >= 4 is 0 Å². The smallest absolute Gasteiger partial charge is 0.0681 e. The van der Waals surface area contributed by atoms with Crippen LogP contribution in [0.2, 0.25) is 0 Å². The summed E-state index contributed by atoms with van der Waals surface area (Å²) in [6.45, 7) is 2.02. The van der Waals surface area contributed by atoms with Crippen LogP contribution in [0.4, 0.5) is 0 Å². The monoisotopic (exact) mass is 161 g/mol. The second-order valence-corrected chi connectivity index (χ2v) is 2.65. The number of benzene rings is 1. The number of nitrogens with zero attached hydrogens (tertiary/aromatic N) is 1. The summed E-state index contributed by atoms with van der Waals surface area (Å²) in [6.07, 6.45) is 3.07. The summed E-state index contributed by atoms with van der Waals surface area (Å²) in [5.74, 6) is 0.254. The summed E-state index contributed by atoms with van der Waals surface area (Å²) in [6, 6.07) is 9.99. The van der Waals surface area contributed by atoms with Gasteiger partial charge in [0.15, 0.2) is 0 Å². The molecule has 1 aromatic carbocycles. The molecule has 0 aliphatic heterocycles. The fraction of sp³-hybridized carbons (Fsp3) is 0.200. The van der Waals surface area contributed by atoms with E-state index in [1.807, 2.05) is 37.3 Å². The van der Waals surface area contributed by atoms with Gasteiger partial charge in [-0.05, 0) is 10.7 Å². The van der Waals surface area contributed by atoms with Crippen LogP contribution >= 0.6 is 0 Å². The van der Waals surface area contributed by atoms with E-state index >= 15 is 0 Å². The Bertz CT molecular complexity index is 266. The molecule has 0 N–H and O–H groups in total. The van der Waals surface area contributed by atoms with Gasteiger partial charge in [0.1, 0.15) is 0 Å². The lowest BCUT2D eigenvalue weighted by atomic mass is 10.0. The molecule has 0 saturated carbocycles. The summed E-state index contributed by atoms with van der Waals surface area (Å²) in [7, 11) is 0. The molecule has 1 atom stereocenters. The van der Waals surface area contributed by atoms with Gasteiger partial charge in [-0.15, -0.1) is 4.91 Å². The Hall–Kier alpha value is -1.44. The second-order valence-electron chi connectivity index (χ2n) is 2.65. The Morgan fingerprint density at radius 3 is 2.58 bits per heavy atom. The maximum atomic E-state index is 9.80. The topological polar surface area (TPSA) is 29.4 Å². The highest BCUT2D eigenvalue weighted by molar-refractivity contribution is 5.22. The van der Waals surface area contributed by atoms with Gasteiger partial charge in [0.25, 0.3) is 0 Å². The summed E-state index contributed by atoms with van der Waals surface area (Å²) >= 11 is 0. The van der Waals surface area contributed by atoms with Gasteiger partial charge in [0.2, 0.25) is 0 Å². The summed E-state index contributed by atoms with van der Waals surface area (Å²) in [5.41, 5.74) is 1.19. The van der Waals surface area contributed by atoms with Gasteiger partial charge in [-0.2, -0.15) is 0 Å². The summed E-state index contributed by atoms with van der Waals surface area (Å²) in [4.78, 5) is 9.80. The first-order chi connectivity index (χ1) is 5.84. The predicted molar refractivity (Wildman–Crippen MR) is 49.8 cm³/mol. The van der Waals surface area contributed by atoms with Gasteiger partial charge in [-0.3, -0.25) is 0 Å². The lowest BCUT2D eigenvalue weighted by Crippen LogP contribution is -1.86. The van der Waals surface area contributed by atoms with E-state index < -0.39 is 0 Å². The van der Waals surface area contributed by atoms with Crippen LogP contribution in [0.5, 0.6) is 0 Å². The van der Waals surface area contributed by atoms with Crippen LogP contribution in [0, 0.1) is 4.91 Å². The zero-order chi connectivity index (χ0) is 8.81. The van der Waals surface area contributed by atoms with Crippen molar-refractivity contribution in [3.05, 3.63) is 53.1 Å². The molecule has 0 aromatic heterocycles. The van der Waals surface area contributed by atoms with Gasteiger partial charge < -0.3 is 0 Å². The molecule has 0 fully saturated rings. The molecule has 2 heteroatoms. The molecule has 0 spiro atoms. The number of nitroso groups, excluding NO2 is 1. The minimum Gasteiger partial charge on any atom is -0.145 e. The molecule has 12 heavy (non-hydrogen) atoms. The molecule has 0 bridgehead atoms. The summed E-state index contributed by atoms with van der Waals surface area (Å²) < 4.78 is 0. The van der Waals surface area contributed by atoms with Gasteiger partial charge in [-0.1, -0.05) is 43.3 Å². The molecule has 0 heterocycles. The third-order valence-electron chi connectivity index (χ3n) is 1.76. The molecule has 0 unspecified atom stereocenters. The molecule has 0 aliphatic rings. The third kappa shape index (κ3) is 2.31. The van der Waals surface area contributed by atoms with E-state index in [0.29, 0.717) is 0 Å². The van der Waals surface area contributed by atoms with Crippen molar-refractivity contribution < 1.29 is 0 Å². The van der Waals surface area contributed by atoms with Crippen molar-refractivity contribution in [2.45, 2.75) is 12.8 Å². The lowest BCUT2D eigenvalue weighted by molar-refractivity contribution is 0.963. The van der Waals surface area contributed by atoms with Crippen LogP contribution in [0.25, 0.3) is 0 Å². The maximum Gasteiger partial charge on any atom is 0.0681 e. The first kappa shape index (κ1) is 8.65. The van der Waals surface area contributed by atoms with Gasteiger partial charge >= 0.3 is 0 Å². The first-order valence-corrected chi connectivity index (χ1v) is 3.88. The van der Waals surface area contributed by atoms with Crippen molar-refractivity contribution in [2.75, 3.05) is 0 Å². The van der Waals surface area contributed by atoms with E-state index in [0.717, 1.165) is 0 Å². The molecule has 2 nitrogen and oxygen atoms in total. The average molecular weight is 161 g/mol. The molecule has 1 aromatic rings. The molecular formula is C10H11NO. The van der Waals surface area contributed by atoms with Crippen LogP contribution in [0.3, 0.4) is 0 Å². The third-order valence-corrected chi connectivity index (χ3v) is 1.76. The SMILES string of the molecule is C[C@H](/C=C/N=O)c1ccccc1. The van der Waals surface area contributed by atoms with Gasteiger partial charge in [-0.25, -0.2) is 0 Å². The van der Waals surface area contributed by atoms with Crippen LogP contribution < -0.4 is 0 Å². The zero-order valence-corrected chi connectivity index (χ0v) is 6.97. The highest BCUT2D eigenvalue weighted by atomic mass is 16.2. The molecule has 1 rings (SSSR count). The van der Waals surface area contributed by atoms with E-state index in [2.05, 4.69) is 5.18 Å². The lowest BCUT2D eigenvalue weighted by Gasteiger charge is -2.03. The van der Waals surface area contributed by atoms with E-state index in [-0.39, 0.29) is 5.92 Å². The standard InChI is InChI=1S/C10H11NO/c1-9(7-8-11-12)10-5-3-2-4-6-10/h2-9H,1H3/b8-7+/t9-/m1/s1. The molecular weight excluding hydrogens is 150 g/mol. The van der Waals surface area contributed by atoms with Crippen LogP contribution in [0.15, 0.2) is 47.8 Å². The number of hydrogen-bond acceptors (Lipinski definition) is 2. The summed E-state index contributed by atoms with van der Waals surface area (Å²) in [5, 5.41) is 2.67. The van der Waals surface area contributed by atoms with E-state index in [4.69, 9.17) is 0 Å². The Morgan fingerprint density at radius 1 is 1.33 bits per heavy atom. The Labute approximate surface area is 71.9 Å².